The molecule has 1 aromatic rings. The summed E-state index contributed by atoms with van der Waals surface area (Å²) in [4.78, 5) is 11.0. The first kappa shape index (κ1) is 13.1. The van der Waals surface area contributed by atoms with Gasteiger partial charge in [0.1, 0.15) is 17.2 Å². The number of carboxylic acids is 1. The summed E-state index contributed by atoms with van der Waals surface area (Å²) in [5.41, 5.74) is 12.0. The molecule has 1 atom stereocenters. The minimum atomic E-state index is -0.999. The second-order valence-corrected chi connectivity index (χ2v) is 3.47. The molecule has 0 heterocycles. The molecule has 0 radical (unpaired) electrons. The van der Waals surface area contributed by atoms with Crippen LogP contribution >= 0.6 is 0 Å². The second-order valence-electron chi connectivity index (χ2n) is 3.47. The van der Waals surface area contributed by atoms with Crippen LogP contribution in [0.25, 0.3) is 0 Å². The van der Waals surface area contributed by atoms with E-state index in [-0.39, 0.29) is 6.54 Å². The molecule has 0 saturated heterocycles. The number of nitrogen functional groups attached to an aromatic ring is 1. The van der Waals surface area contributed by atoms with Gasteiger partial charge < -0.3 is 26.0 Å². The highest BCUT2D eigenvalue weighted by atomic mass is 16.5. The predicted molar refractivity (Wildman–Crippen MR) is 63.4 cm³/mol. The molecule has 0 aliphatic carbocycles. The lowest BCUT2D eigenvalue weighted by molar-refractivity contribution is -0.138. The third-order valence-corrected chi connectivity index (χ3v) is 2.50. The van der Waals surface area contributed by atoms with E-state index in [1.54, 1.807) is 12.1 Å². The van der Waals surface area contributed by atoms with Crippen LogP contribution in [-0.4, -0.2) is 31.8 Å². The summed E-state index contributed by atoms with van der Waals surface area (Å²) < 4.78 is 10.1. The molecule has 6 nitrogen and oxygen atoms in total. The van der Waals surface area contributed by atoms with Crippen LogP contribution in [0.1, 0.15) is 11.5 Å². The zero-order valence-electron chi connectivity index (χ0n) is 9.77. The molecule has 0 aliphatic rings. The smallest absolute Gasteiger partial charge is 0.312 e. The minimum absolute atomic E-state index is 0.00837. The molecule has 0 fully saturated rings. The van der Waals surface area contributed by atoms with Crippen LogP contribution in [0.4, 0.5) is 5.69 Å². The number of benzene rings is 1. The van der Waals surface area contributed by atoms with Crippen molar-refractivity contribution in [1.29, 1.82) is 0 Å². The Balaban J connectivity index is 3.29. The van der Waals surface area contributed by atoms with Gasteiger partial charge in [0.25, 0.3) is 0 Å². The molecule has 94 valence electrons. The Kier molecular flexibility index (Phi) is 4.17. The van der Waals surface area contributed by atoms with Crippen LogP contribution in [0.2, 0.25) is 0 Å². The molecule has 0 aromatic heterocycles. The van der Waals surface area contributed by atoms with Gasteiger partial charge in [0.2, 0.25) is 0 Å². The third-order valence-electron chi connectivity index (χ3n) is 2.50. The molecule has 0 spiro atoms. The topological polar surface area (TPSA) is 108 Å². The van der Waals surface area contributed by atoms with Crippen molar-refractivity contribution in [1.82, 2.24) is 0 Å². The lowest BCUT2D eigenvalue weighted by Crippen LogP contribution is -2.21. The van der Waals surface area contributed by atoms with E-state index >= 15 is 0 Å². The Bertz CT molecular complexity index is 395. The van der Waals surface area contributed by atoms with Crippen molar-refractivity contribution in [3.63, 3.8) is 0 Å². The number of carboxylic acid groups (broad SMARTS) is 1. The van der Waals surface area contributed by atoms with Gasteiger partial charge in [-0.3, -0.25) is 4.79 Å². The summed E-state index contributed by atoms with van der Waals surface area (Å²) in [6.07, 6.45) is 0. The van der Waals surface area contributed by atoms with E-state index in [1.807, 2.05) is 0 Å². The van der Waals surface area contributed by atoms with Gasteiger partial charge in [0, 0.05) is 6.54 Å². The molecule has 0 aliphatic heterocycles. The van der Waals surface area contributed by atoms with E-state index in [1.165, 1.54) is 14.2 Å². The minimum Gasteiger partial charge on any atom is -0.494 e. The predicted octanol–water partition coefficient (Wildman–Crippen LogP) is 0.413. The Morgan fingerprint density at radius 1 is 1.35 bits per heavy atom. The van der Waals surface area contributed by atoms with Gasteiger partial charge in [-0.1, -0.05) is 0 Å². The molecule has 1 rings (SSSR count). The summed E-state index contributed by atoms with van der Waals surface area (Å²) >= 11 is 0. The first-order chi connectivity index (χ1) is 8.04. The molecule has 17 heavy (non-hydrogen) atoms. The van der Waals surface area contributed by atoms with E-state index < -0.39 is 11.9 Å². The summed E-state index contributed by atoms with van der Waals surface area (Å²) in [7, 11) is 2.90. The Hall–Kier alpha value is -1.95. The highest BCUT2D eigenvalue weighted by Gasteiger charge is 2.21. The number of aliphatic carboxylic acids is 1. The van der Waals surface area contributed by atoms with Crippen LogP contribution in [0, 0.1) is 0 Å². The normalized spacial score (nSPS) is 11.9. The first-order valence-electron chi connectivity index (χ1n) is 4.99. The SMILES string of the molecule is COc1cc(C(CN)C(=O)O)cc(OC)c1N. The maximum Gasteiger partial charge on any atom is 0.312 e. The number of hydrogen-bond donors (Lipinski definition) is 3. The fraction of sp³-hybridized carbons (Fsp3) is 0.364. The number of anilines is 1. The second kappa shape index (κ2) is 5.40. The standard InChI is InChI=1S/C11H16N2O4/c1-16-8-3-6(7(5-12)11(14)15)4-9(17-2)10(8)13/h3-4,7H,5,12-13H2,1-2H3,(H,14,15). The summed E-state index contributed by atoms with van der Waals surface area (Å²) in [6.45, 7) is -0.00837. The number of nitrogens with two attached hydrogens (primary N) is 2. The van der Waals surface area contributed by atoms with E-state index in [0.717, 1.165) is 0 Å². The lowest BCUT2D eigenvalue weighted by Gasteiger charge is -2.15. The molecule has 0 bridgehead atoms. The molecule has 0 amide bonds. The van der Waals surface area contributed by atoms with Gasteiger partial charge in [-0.05, 0) is 17.7 Å². The maximum absolute atomic E-state index is 11.0. The van der Waals surface area contributed by atoms with E-state index in [9.17, 15) is 4.79 Å². The molecule has 1 aromatic carbocycles. The summed E-state index contributed by atoms with van der Waals surface area (Å²) in [5, 5.41) is 9.03. The van der Waals surface area contributed by atoms with Crippen molar-refractivity contribution in [3.05, 3.63) is 17.7 Å². The van der Waals surface area contributed by atoms with Crippen molar-refractivity contribution in [2.45, 2.75) is 5.92 Å². The van der Waals surface area contributed by atoms with Crippen molar-refractivity contribution >= 4 is 11.7 Å². The van der Waals surface area contributed by atoms with Crippen LogP contribution in [0.5, 0.6) is 11.5 Å². The van der Waals surface area contributed by atoms with Crippen LogP contribution in [-0.2, 0) is 4.79 Å². The summed E-state index contributed by atoms with van der Waals surface area (Å²) in [5.74, 6) is -1.06. The van der Waals surface area contributed by atoms with Gasteiger partial charge in [-0.15, -0.1) is 0 Å². The van der Waals surface area contributed by atoms with Crippen LogP contribution in [0.15, 0.2) is 12.1 Å². The third kappa shape index (κ3) is 2.59. The average molecular weight is 240 g/mol. The first-order valence-corrected chi connectivity index (χ1v) is 4.99. The molecule has 0 saturated carbocycles. The number of hydrogen-bond acceptors (Lipinski definition) is 5. The quantitative estimate of drug-likeness (QED) is 0.643. The zero-order chi connectivity index (χ0) is 13.0. The molecular weight excluding hydrogens is 224 g/mol. The maximum atomic E-state index is 11.0. The van der Waals surface area contributed by atoms with Crippen LogP contribution < -0.4 is 20.9 Å². The van der Waals surface area contributed by atoms with Crippen molar-refractivity contribution in [2.75, 3.05) is 26.5 Å². The van der Waals surface area contributed by atoms with Gasteiger partial charge in [0.15, 0.2) is 0 Å². The lowest BCUT2D eigenvalue weighted by atomic mass is 9.98. The number of carbonyl (C=O) groups is 1. The summed E-state index contributed by atoms with van der Waals surface area (Å²) in [6, 6.07) is 3.12. The highest BCUT2D eigenvalue weighted by Crippen LogP contribution is 2.35. The Morgan fingerprint density at radius 2 is 1.82 bits per heavy atom. The van der Waals surface area contributed by atoms with Gasteiger partial charge in [-0.25, -0.2) is 0 Å². The average Bonchev–Trinajstić information content (AvgIpc) is 2.31. The van der Waals surface area contributed by atoms with Gasteiger partial charge in [-0.2, -0.15) is 0 Å². The number of rotatable bonds is 5. The Labute approximate surface area is 99.1 Å². The van der Waals surface area contributed by atoms with Gasteiger partial charge in [0.05, 0.1) is 20.1 Å². The zero-order valence-corrected chi connectivity index (χ0v) is 9.77. The largest absolute Gasteiger partial charge is 0.494 e. The fourth-order valence-corrected chi connectivity index (χ4v) is 1.54. The van der Waals surface area contributed by atoms with Crippen molar-refractivity contribution in [2.24, 2.45) is 5.73 Å². The molecule has 5 N–H and O–H groups in total. The fourth-order valence-electron chi connectivity index (χ4n) is 1.54. The van der Waals surface area contributed by atoms with Crippen LogP contribution in [0.3, 0.4) is 0 Å². The van der Waals surface area contributed by atoms with E-state index in [4.69, 9.17) is 26.0 Å². The number of ether oxygens (including phenoxy) is 2. The van der Waals surface area contributed by atoms with E-state index in [0.29, 0.717) is 22.7 Å². The molecule has 6 heteroatoms. The molecule has 1 unspecified atom stereocenters. The Morgan fingerprint density at radius 3 is 2.12 bits per heavy atom. The monoisotopic (exact) mass is 240 g/mol. The van der Waals surface area contributed by atoms with Gasteiger partial charge >= 0.3 is 5.97 Å². The van der Waals surface area contributed by atoms with Crippen molar-refractivity contribution < 1.29 is 19.4 Å². The van der Waals surface area contributed by atoms with E-state index in [2.05, 4.69) is 0 Å². The van der Waals surface area contributed by atoms with Crippen molar-refractivity contribution in [3.8, 4) is 11.5 Å². The number of methoxy groups -OCH3 is 2. The molecular formula is C11H16N2O4. The highest BCUT2D eigenvalue weighted by molar-refractivity contribution is 5.78.